The molecule has 0 saturated heterocycles. The number of carbonyl (C=O) groups excluding carboxylic acids is 4. The number of nitrogens with one attached hydrogen (secondary N) is 1. The van der Waals surface area contributed by atoms with Crippen molar-refractivity contribution in [2.75, 3.05) is 11.9 Å². The number of hydrogen-bond donors (Lipinski definition) is 1. The second-order valence-electron chi connectivity index (χ2n) is 15.8. The van der Waals surface area contributed by atoms with Gasteiger partial charge in [-0.15, -0.1) is 0 Å². The molecular formula is C53H34N2O4. The monoisotopic (exact) mass is 762 g/mol. The minimum absolute atomic E-state index is 0.129. The number of benzene rings is 10. The third-order valence-corrected chi connectivity index (χ3v) is 13.3. The van der Waals surface area contributed by atoms with Crippen LogP contribution < -0.4 is 15.4 Å². The number of anilines is 1. The van der Waals surface area contributed by atoms with Crippen molar-refractivity contribution < 1.29 is 19.2 Å². The highest BCUT2D eigenvalue weighted by molar-refractivity contribution is 6.38. The van der Waals surface area contributed by atoms with Crippen LogP contribution in [0, 0.1) is 0 Å². The van der Waals surface area contributed by atoms with Gasteiger partial charge in [-0.3, -0.25) is 24.5 Å². The van der Waals surface area contributed by atoms with Crippen LogP contribution in [0.3, 0.4) is 0 Å². The highest BCUT2D eigenvalue weighted by atomic mass is 16.2. The number of nitrogens with zero attached hydrogens (tertiary/aromatic N) is 1. The van der Waals surface area contributed by atoms with Gasteiger partial charge in [0.25, 0.3) is 17.7 Å². The van der Waals surface area contributed by atoms with E-state index < -0.39 is 0 Å². The van der Waals surface area contributed by atoms with Gasteiger partial charge in [0.05, 0.1) is 0 Å². The normalized spacial score (nSPS) is 14.9. The van der Waals surface area contributed by atoms with Gasteiger partial charge >= 0.3 is 0 Å². The fourth-order valence-electron chi connectivity index (χ4n) is 11.0. The van der Waals surface area contributed by atoms with Gasteiger partial charge in [-0.2, -0.15) is 0 Å². The Morgan fingerprint density at radius 2 is 1.12 bits per heavy atom. The molecule has 280 valence electrons. The second kappa shape index (κ2) is 11.8. The lowest BCUT2D eigenvalue weighted by Crippen LogP contribution is -2.34. The molecule has 1 atom stereocenters. The van der Waals surface area contributed by atoms with E-state index in [4.69, 9.17) is 0 Å². The molecule has 0 fully saturated rings. The number of para-hydroxylation sites is 1. The van der Waals surface area contributed by atoms with E-state index in [0.717, 1.165) is 77.5 Å². The Labute approximate surface area is 337 Å². The Bertz CT molecular complexity index is 3640. The van der Waals surface area contributed by atoms with Gasteiger partial charge in [0, 0.05) is 51.7 Å². The molecule has 6 heteroatoms. The van der Waals surface area contributed by atoms with Crippen LogP contribution in [0.15, 0.2) is 115 Å². The fraction of sp³-hybridized carbons (Fsp3) is 0.0943. The van der Waals surface area contributed by atoms with Crippen LogP contribution in [-0.2, 0) is 0 Å². The number of fused-ring (bicyclic) bond motifs is 6. The maximum absolute atomic E-state index is 14.2. The number of imide groups is 1. The molecule has 13 rings (SSSR count). The summed E-state index contributed by atoms with van der Waals surface area (Å²) in [6.45, 7) is 4.00. The first-order valence-electron chi connectivity index (χ1n) is 20.2. The highest BCUT2D eigenvalue weighted by Crippen LogP contribution is 2.54. The molecule has 3 aliphatic rings. The van der Waals surface area contributed by atoms with E-state index in [0.29, 0.717) is 27.6 Å². The van der Waals surface area contributed by atoms with Gasteiger partial charge in [0.1, 0.15) is 0 Å². The van der Waals surface area contributed by atoms with E-state index in [1.165, 1.54) is 38.4 Å². The highest BCUT2D eigenvalue weighted by Gasteiger charge is 2.34. The molecule has 6 nitrogen and oxygen atoms in total. The lowest BCUT2D eigenvalue weighted by Gasteiger charge is -2.33. The zero-order chi connectivity index (χ0) is 40.0. The summed E-state index contributed by atoms with van der Waals surface area (Å²) in [4.78, 5) is 54.5. The molecule has 2 aliphatic carbocycles. The quantitative estimate of drug-likeness (QED) is 0.0841. The molecule has 1 unspecified atom stereocenters. The maximum Gasteiger partial charge on any atom is 0.258 e. The SMILES string of the molecule is CC.CN(C(=O)c1ccc2c3ccc4c5c(ccc(c6ccc(C=O)c1c62)c53)-c1ccc2c3c1C4CC=c3c1ccc3c4c(ccc2c41)C(=O)NC3=O)c1ccccc1. The molecule has 1 heterocycles. The zero-order valence-corrected chi connectivity index (χ0v) is 32.5. The first kappa shape index (κ1) is 33.7. The second-order valence-corrected chi connectivity index (χ2v) is 15.8. The molecule has 0 radical (unpaired) electrons. The predicted octanol–water partition coefficient (Wildman–Crippen LogP) is 11.2. The number of rotatable bonds is 3. The van der Waals surface area contributed by atoms with Crippen LogP contribution in [0.4, 0.5) is 5.69 Å². The molecule has 3 amide bonds. The molecular weight excluding hydrogens is 729 g/mol. The van der Waals surface area contributed by atoms with Crippen molar-refractivity contribution in [3.63, 3.8) is 0 Å². The van der Waals surface area contributed by atoms with Crippen molar-refractivity contribution >= 4 is 111 Å². The first-order valence-corrected chi connectivity index (χ1v) is 20.2. The average molecular weight is 763 g/mol. The zero-order valence-electron chi connectivity index (χ0n) is 32.5. The van der Waals surface area contributed by atoms with Crippen LogP contribution in [-0.4, -0.2) is 31.1 Å². The van der Waals surface area contributed by atoms with Crippen molar-refractivity contribution in [2.24, 2.45) is 0 Å². The summed E-state index contributed by atoms with van der Waals surface area (Å²) in [7, 11) is 1.77. The van der Waals surface area contributed by atoms with Crippen molar-refractivity contribution in [3.8, 4) is 11.1 Å². The van der Waals surface area contributed by atoms with E-state index in [-0.39, 0.29) is 23.6 Å². The number of aldehydes is 1. The number of amides is 3. The summed E-state index contributed by atoms with van der Waals surface area (Å²) in [5.74, 6) is -0.746. The van der Waals surface area contributed by atoms with Crippen LogP contribution in [0.25, 0.3) is 92.6 Å². The number of hydrogen-bond acceptors (Lipinski definition) is 4. The lowest BCUT2D eigenvalue weighted by molar-refractivity contribution is 0.0843. The van der Waals surface area contributed by atoms with E-state index in [9.17, 15) is 19.2 Å². The fourth-order valence-corrected chi connectivity index (χ4v) is 11.0. The third kappa shape index (κ3) is 4.10. The molecule has 0 bridgehead atoms. The van der Waals surface area contributed by atoms with Gasteiger partial charge in [-0.25, -0.2) is 0 Å². The third-order valence-electron chi connectivity index (χ3n) is 13.3. The van der Waals surface area contributed by atoms with Crippen LogP contribution >= 0.6 is 0 Å². The van der Waals surface area contributed by atoms with E-state index in [2.05, 4.69) is 59.9 Å². The molecule has 0 spiro atoms. The van der Waals surface area contributed by atoms with E-state index in [1.54, 1.807) is 11.9 Å². The topological polar surface area (TPSA) is 83.6 Å². The Hall–Kier alpha value is -7.44. The van der Waals surface area contributed by atoms with Gasteiger partial charge in [0.2, 0.25) is 0 Å². The lowest BCUT2D eigenvalue weighted by atomic mass is 9.69. The smallest absolute Gasteiger partial charge is 0.258 e. The molecule has 1 N–H and O–H groups in total. The van der Waals surface area contributed by atoms with Crippen molar-refractivity contribution in [1.29, 1.82) is 0 Å². The minimum Gasteiger partial charge on any atom is -0.311 e. The summed E-state index contributed by atoms with van der Waals surface area (Å²) >= 11 is 0. The van der Waals surface area contributed by atoms with Crippen molar-refractivity contribution in [1.82, 2.24) is 5.32 Å². The van der Waals surface area contributed by atoms with Gasteiger partial charge < -0.3 is 4.90 Å². The van der Waals surface area contributed by atoms with E-state index >= 15 is 0 Å². The predicted molar refractivity (Wildman–Crippen MR) is 239 cm³/mol. The number of carbonyl (C=O) groups is 4. The summed E-state index contributed by atoms with van der Waals surface area (Å²) < 4.78 is 0. The molecule has 0 saturated carbocycles. The van der Waals surface area contributed by atoms with E-state index in [1.807, 2.05) is 80.6 Å². The summed E-state index contributed by atoms with van der Waals surface area (Å²) in [5, 5.41) is 18.2. The Balaban J connectivity index is 0.00000186. The largest absolute Gasteiger partial charge is 0.311 e. The summed E-state index contributed by atoms with van der Waals surface area (Å²) in [5.41, 5.74) is 7.89. The van der Waals surface area contributed by atoms with Gasteiger partial charge in [-0.1, -0.05) is 105 Å². The Kier molecular flexibility index (Phi) is 6.74. The van der Waals surface area contributed by atoms with Crippen LogP contribution in [0.5, 0.6) is 0 Å². The molecule has 0 aromatic heterocycles. The summed E-state index contributed by atoms with van der Waals surface area (Å²) in [6.07, 6.45) is 4.03. The molecule has 10 aromatic carbocycles. The molecule has 59 heavy (non-hydrogen) atoms. The minimum atomic E-state index is -0.352. The van der Waals surface area contributed by atoms with Crippen LogP contribution in [0.1, 0.15) is 78.7 Å². The molecule has 10 aromatic rings. The van der Waals surface area contributed by atoms with Crippen molar-refractivity contribution in [2.45, 2.75) is 26.2 Å². The standard InChI is InChI=1S/C51H28N2O4.C2H6/c1-53(25-5-3-2-4-6-25)51(57)40-22-19-27-29-10-12-31-33-14-16-35-37-18-21-39-48-38(49(55)52-50(39)56)20-17-36(47(37)48)34-15-13-32(45(33)46(34)35)30-11-9-28(43(29)44(30)31)26-8-7-24(23-54)41(40)42(26)27;1-2/h2-13,15-23,33H,14H2,1H3,(H,52,55,56);1-2H3. The van der Waals surface area contributed by atoms with Crippen LogP contribution in [0.2, 0.25) is 0 Å². The van der Waals surface area contributed by atoms with Gasteiger partial charge in [0.15, 0.2) is 6.29 Å². The van der Waals surface area contributed by atoms with Gasteiger partial charge in [-0.05, 0) is 129 Å². The summed E-state index contributed by atoms with van der Waals surface area (Å²) in [6, 6.07) is 38.8. The average Bonchev–Trinajstić information content (AvgIpc) is 3.29. The Morgan fingerprint density at radius 1 is 0.576 bits per heavy atom. The van der Waals surface area contributed by atoms with Crippen molar-refractivity contribution in [3.05, 3.63) is 154 Å². The molecule has 1 aliphatic heterocycles. The maximum atomic E-state index is 14.2. The Morgan fingerprint density at radius 3 is 1.80 bits per heavy atom. The first-order chi connectivity index (χ1) is 28.9.